The molecular formula is C10H14N2O4S2. The molecule has 18 heavy (non-hydrogen) atoms. The number of amides is 2. The van der Waals surface area contributed by atoms with Crippen molar-refractivity contribution < 1.29 is 18.0 Å². The monoisotopic (exact) mass is 290 g/mol. The summed E-state index contributed by atoms with van der Waals surface area (Å²) < 4.78 is 25.5. The smallest absolute Gasteiger partial charge is 0.273 e. The van der Waals surface area contributed by atoms with Gasteiger partial charge in [0.1, 0.15) is 0 Å². The summed E-state index contributed by atoms with van der Waals surface area (Å²) in [5.41, 5.74) is 0. The largest absolute Gasteiger partial charge is 0.289 e. The van der Waals surface area contributed by atoms with E-state index in [1.165, 1.54) is 9.21 Å². The molecule has 100 valence electrons. The molecule has 0 aromatic carbocycles. The van der Waals surface area contributed by atoms with Crippen LogP contribution < -0.4 is 0 Å². The van der Waals surface area contributed by atoms with E-state index >= 15 is 0 Å². The summed E-state index contributed by atoms with van der Waals surface area (Å²) >= 11 is 0.997. The van der Waals surface area contributed by atoms with Crippen molar-refractivity contribution in [3.8, 4) is 0 Å². The topological polar surface area (TPSA) is 74.8 Å². The van der Waals surface area contributed by atoms with Gasteiger partial charge < -0.3 is 0 Å². The minimum atomic E-state index is -3.19. The number of imide groups is 1. The summed E-state index contributed by atoms with van der Waals surface area (Å²) in [7, 11) is -3.19. The standard InChI is InChI=1S/C10H14N2O4S2/c13-9-6-17-10(14)12(9)7-3-4-11(5-7)18(15,16)8-1-2-8/h7-8H,1-6H2. The number of hydrogen-bond acceptors (Lipinski definition) is 5. The van der Waals surface area contributed by atoms with Gasteiger partial charge in [-0.15, -0.1) is 0 Å². The molecule has 2 aliphatic heterocycles. The van der Waals surface area contributed by atoms with Crippen molar-refractivity contribution in [2.24, 2.45) is 0 Å². The third kappa shape index (κ3) is 1.96. The van der Waals surface area contributed by atoms with Crippen molar-refractivity contribution >= 4 is 32.9 Å². The Labute approximate surface area is 110 Å². The Morgan fingerprint density at radius 3 is 2.44 bits per heavy atom. The highest BCUT2D eigenvalue weighted by atomic mass is 32.2. The first-order valence-electron chi connectivity index (χ1n) is 5.98. The van der Waals surface area contributed by atoms with Gasteiger partial charge in [0, 0.05) is 13.1 Å². The normalized spacial score (nSPS) is 30.4. The van der Waals surface area contributed by atoms with Gasteiger partial charge in [0.2, 0.25) is 15.9 Å². The number of carbonyl (C=O) groups excluding carboxylic acids is 2. The van der Waals surface area contributed by atoms with Gasteiger partial charge in [0.05, 0.1) is 17.0 Å². The van der Waals surface area contributed by atoms with Gasteiger partial charge >= 0.3 is 0 Å². The van der Waals surface area contributed by atoms with E-state index in [-0.39, 0.29) is 34.7 Å². The second kappa shape index (κ2) is 4.21. The third-order valence-corrected chi connectivity index (χ3v) is 6.78. The van der Waals surface area contributed by atoms with E-state index in [1.54, 1.807) is 0 Å². The van der Waals surface area contributed by atoms with E-state index in [0.717, 1.165) is 24.6 Å². The van der Waals surface area contributed by atoms with Gasteiger partial charge in [-0.3, -0.25) is 14.5 Å². The molecule has 2 amide bonds. The summed E-state index contributed by atoms with van der Waals surface area (Å²) in [6.07, 6.45) is 2.03. The second-order valence-electron chi connectivity index (χ2n) is 4.86. The number of sulfonamides is 1. The van der Waals surface area contributed by atoms with Crippen molar-refractivity contribution in [2.75, 3.05) is 18.8 Å². The number of thioether (sulfide) groups is 1. The Bertz CT molecular complexity index is 484. The maximum Gasteiger partial charge on any atom is 0.289 e. The van der Waals surface area contributed by atoms with Crippen LogP contribution in [-0.2, 0) is 14.8 Å². The van der Waals surface area contributed by atoms with Gasteiger partial charge in [-0.25, -0.2) is 8.42 Å². The fraction of sp³-hybridized carbons (Fsp3) is 0.800. The van der Waals surface area contributed by atoms with E-state index in [2.05, 4.69) is 0 Å². The molecule has 0 aromatic heterocycles. The van der Waals surface area contributed by atoms with Gasteiger partial charge in [0.15, 0.2) is 0 Å². The van der Waals surface area contributed by atoms with Gasteiger partial charge in [0.25, 0.3) is 5.24 Å². The summed E-state index contributed by atoms with van der Waals surface area (Å²) in [5, 5.41) is -0.466. The van der Waals surface area contributed by atoms with Crippen LogP contribution in [0.5, 0.6) is 0 Å². The molecule has 1 saturated carbocycles. The first-order valence-corrected chi connectivity index (χ1v) is 8.47. The number of carbonyl (C=O) groups is 2. The molecule has 0 aromatic rings. The van der Waals surface area contributed by atoms with Crippen LogP contribution in [0.3, 0.4) is 0 Å². The quantitative estimate of drug-likeness (QED) is 0.745. The minimum absolute atomic E-state index is 0.185. The van der Waals surface area contributed by atoms with E-state index in [4.69, 9.17) is 0 Å². The molecule has 6 nitrogen and oxygen atoms in total. The SMILES string of the molecule is O=C1CSC(=O)N1C1CCN(S(=O)(=O)C2CC2)C1. The highest BCUT2D eigenvalue weighted by Crippen LogP contribution is 2.34. The predicted molar refractivity (Wildman–Crippen MR) is 66.6 cm³/mol. The van der Waals surface area contributed by atoms with Crippen LogP contribution in [0.1, 0.15) is 19.3 Å². The molecule has 3 fully saturated rings. The van der Waals surface area contributed by atoms with E-state index < -0.39 is 10.0 Å². The number of hydrogen-bond donors (Lipinski definition) is 0. The third-order valence-electron chi connectivity index (χ3n) is 3.58. The van der Waals surface area contributed by atoms with E-state index in [0.29, 0.717) is 13.0 Å². The van der Waals surface area contributed by atoms with Gasteiger partial charge in [-0.1, -0.05) is 11.8 Å². The lowest BCUT2D eigenvalue weighted by atomic mass is 10.2. The zero-order valence-electron chi connectivity index (χ0n) is 9.74. The lowest BCUT2D eigenvalue weighted by Crippen LogP contribution is -2.42. The second-order valence-corrected chi connectivity index (χ2v) is 8.00. The Balaban J connectivity index is 1.72. The molecular weight excluding hydrogens is 276 g/mol. The van der Waals surface area contributed by atoms with Gasteiger partial charge in [-0.05, 0) is 19.3 Å². The minimum Gasteiger partial charge on any atom is -0.273 e. The van der Waals surface area contributed by atoms with Crippen molar-refractivity contribution in [3.05, 3.63) is 0 Å². The molecule has 0 bridgehead atoms. The van der Waals surface area contributed by atoms with E-state index in [1.807, 2.05) is 0 Å². The molecule has 3 aliphatic rings. The Morgan fingerprint density at radius 2 is 1.89 bits per heavy atom. The molecule has 0 radical (unpaired) electrons. The molecule has 2 heterocycles. The highest BCUT2D eigenvalue weighted by Gasteiger charge is 2.46. The summed E-state index contributed by atoms with van der Waals surface area (Å²) in [6.45, 7) is 0.697. The Kier molecular flexibility index (Phi) is 2.91. The molecule has 2 saturated heterocycles. The average molecular weight is 290 g/mol. The zero-order valence-corrected chi connectivity index (χ0v) is 11.4. The molecule has 1 unspecified atom stereocenters. The zero-order chi connectivity index (χ0) is 12.9. The van der Waals surface area contributed by atoms with Crippen molar-refractivity contribution in [1.82, 2.24) is 9.21 Å². The fourth-order valence-electron chi connectivity index (χ4n) is 2.45. The predicted octanol–water partition coefficient (Wildman–Crippen LogP) is 0.248. The summed E-state index contributed by atoms with van der Waals surface area (Å²) in [6, 6.07) is -0.270. The Morgan fingerprint density at radius 1 is 1.17 bits per heavy atom. The first kappa shape index (κ1) is 12.4. The van der Waals surface area contributed by atoms with Crippen LogP contribution in [0, 0.1) is 0 Å². The first-order chi connectivity index (χ1) is 8.50. The lowest BCUT2D eigenvalue weighted by Gasteiger charge is -2.21. The molecule has 0 N–H and O–H groups in total. The molecule has 3 rings (SSSR count). The molecule has 1 atom stereocenters. The number of nitrogens with zero attached hydrogens (tertiary/aromatic N) is 2. The maximum absolute atomic E-state index is 12.1. The molecule has 8 heteroatoms. The van der Waals surface area contributed by atoms with Crippen molar-refractivity contribution in [2.45, 2.75) is 30.6 Å². The molecule has 0 spiro atoms. The van der Waals surface area contributed by atoms with Crippen LogP contribution in [0.4, 0.5) is 4.79 Å². The average Bonchev–Trinajstić information content (AvgIpc) is 2.99. The highest BCUT2D eigenvalue weighted by molar-refractivity contribution is 8.14. The summed E-state index contributed by atoms with van der Waals surface area (Å²) in [5.74, 6) is -0.00860. The van der Waals surface area contributed by atoms with Crippen LogP contribution in [0.2, 0.25) is 0 Å². The van der Waals surface area contributed by atoms with E-state index in [9.17, 15) is 18.0 Å². The van der Waals surface area contributed by atoms with Crippen LogP contribution in [0.15, 0.2) is 0 Å². The fourth-order valence-corrected chi connectivity index (χ4v) is 5.12. The van der Waals surface area contributed by atoms with Gasteiger partial charge in [-0.2, -0.15) is 4.31 Å². The maximum atomic E-state index is 12.1. The van der Waals surface area contributed by atoms with Crippen LogP contribution in [0.25, 0.3) is 0 Å². The lowest BCUT2D eigenvalue weighted by molar-refractivity contribution is -0.126. The van der Waals surface area contributed by atoms with Crippen LogP contribution >= 0.6 is 11.8 Å². The van der Waals surface area contributed by atoms with Crippen molar-refractivity contribution in [1.29, 1.82) is 0 Å². The molecule has 1 aliphatic carbocycles. The van der Waals surface area contributed by atoms with Crippen molar-refractivity contribution in [3.63, 3.8) is 0 Å². The number of rotatable bonds is 3. The van der Waals surface area contributed by atoms with Crippen LogP contribution in [-0.4, -0.2) is 58.9 Å². The Hall–Kier alpha value is -0.600. The summed E-state index contributed by atoms with van der Waals surface area (Å²) in [4.78, 5) is 24.4.